The van der Waals surface area contributed by atoms with Crippen molar-refractivity contribution in [2.75, 3.05) is 0 Å². The summed E-state index contributed by atoms with van der Waals surface area (Å²) in [5, 5.41) is 0.0967. The zero-order chi connectivity index (χ0) is 22.9. The van der Waals surface area contributed by atoms with Gasteiger partial charge in [0.2, 0.25) is 0 Å². The monoisotopic (exact) mass is 479 g/mol. The molecule has 5 nitrogen and oxygen atoms in total. The van der Waals surface area contributed by atoms with E-state index in [0.717, 1.165) is 22.2 Å². The lowest BCUT2D eigenvalue weighted by atomic mass is 10.2. The molecule has 0 bridgehead atoms. The van der Waals surface area contributed by atoms with Crippen LogP contribution in [0.15, 0.2) is 70.0 Å². The highest BCUT2D eigenvalue weighted by Gasteiger charge is 2.35. The Balaban J connectivity index is 1.48. The van der Waals surface area contributed by atoms with E-state index >= 15 is 0 Å². The first kappa shape index (κ1) is 22.0. The van der Waals surface area contributed by atoms with E-state index in [1.807, 2.05) is 0 Å². The molecule has 10 heteroatoms. The molecule has 4 rings (SSSR count). The third kappa shape index (κ3) is 5.17. The Morgan fingerprint density at radius 1 is 1.06 bits per heavy atom. The number of carbonyl (C=O) groups is 2. The van der Waals surface area contributed by atoms with Crippen molar-refractivity contribution in [1.82, 2.24) is 4.90 Å². The summed E-state index contributed by atoms with van der Waals surface area (Å²) < 4.78 is 46.4. The number of hydrogen-bond acceptors (Lipinski definition) is 5. The van der Waals surface area contributed by atoms with Crippen molar-refractivity contribution in [1.29, 1.82) is 0 Å². The maximum absolute atomic E-state index is 12.7. The highest BCUT2D eigenvalue weighted by molar-refractivity contribution is 8.18. The van der Waals surface area contributed by atoms with Gasteiger partial charge < -0.3 is 9.15 Å². The topological polar surface area (TPSA) is 59.8 Å². The second-order valence-electron chi connectivity index (χ2n) is 6.67. The van der Waals surface area contributed by atoms with Crippen LogP contribution in [0.1, 0.15) is 11.3 Å². The molecule has 1 aromatic heterocycles. The number of imide groups is 1. The molecular formula is C22H13ClF3NO4S. The minimum atomic E-state index is -4.77. The minimum Gasteiger partial charge on any atom is -0.457 e. The summed E-state index contributed by atoms with van der Waals surface area (Å²) in [5.41, 5.74) is 1.24. The fourth-order valence-electron chi connectivity index (χ4n) is 2.99. The molecule has 2 amide bonds. The fourth-order valence-corrected chi connectivity index (χ4v) is 4.02. The summed E-state index contributed by atoms with van der Waals surface area (Å²) in [4.78, 5) is 26.3. The fraction of sp³-hybridized carbons (Fsp3) is 0.0909. The second-order valence-corrected chi connectivity index (χ2v) is 8.10. The van der Waals surface area contributed by atoms with Crippen molar-refractivity contribution in [2.45, 2.75) is 12.9 Å². The number of amides is 2. The lowest BCUT2D eigenvalue weighted by Crippen LogP contribution is -2.27. The van der Waals surface area contributed by atoms with Gasteiger partial charge in [-0.1, -0.05) is 23.7 Å². The van der Waals surface area contributed by atoms with E-state index in [4.69, 9.17) is 16.0 Å². The zero-order valence-corrected chi connectivity index (χ0v) is 17.6. The maximum atomic E-state index is 12.7. The first-order valence-electron chi connectivity index (χ1n) is 9.14. The Morgan fingerprint density at radius 3 is 2.50 bits per heavy atom. The number of halogens is 4. The van der Waals surface area contributed by atoms with Crippen LogP contribution in [0.2, 0.25) is 5.02 Å². The summed E-state index contributed by atoms with van der Waals surface area (Å²) in [5.74, 6) is -0.0928. The van der Waals surface area contributed by atoms with Crippen LogP contribution in [0.25, 0.3) is 17.4 Å². The SMILES string of the molecule is O=C1S/C(=C\c2ccc(-c3ccc(OC(F)(F)F)cc3)o2)C(=O)N1Cc1cccc(Cl)c1. The first-order chi connectivity index (χ1) is 15.2. The summed E-state index contributed by atoms with van der Waals surface area (Å²) in [7, 11) is 0. The summed E-state index contributed by atoms with van der Waals surface area (Å²) in [6.45, 7) is 0.0956. The molecular weight excluding hydrogens is 467 g/mol. The molecule has 32 heavy (non-hydrogen) atoms. The van der Waals surface area contributed by atoms with Gasteiger partial charge in [0.25, 0.3) is 11.1 Å². The normalized spacial score (nSPS) is 15.6. The Morgan fingerprint density at radius 2 is 1.81 bits per heavy atom. The molecule has 0 radical (unpaired) electrons. The molecule has 0 spiro atoms. The molecule has 1 aliphatic rings. The molecule has 0 saturated carbocycles. The number of rotatable bonds is 5. The van der Waals surface area contributed by atoms with Gasteiger partial charge >= 0.3 is 6.36 Å². The highest BCUT2D eigenvalue weighted by Crippen LogP contribution is 2.35. The third-order valence-electron chi connectivity index (χ3n) is 4.38. The van der Waals surface area contributed by atoms with E-state index in [0.29, 0.717) is 22.1 Å². The Labute approximate surface area is 189 Å². The lowest BCUT2D eigenvalue weighted by molar-refractivity contribution is -0.274. The predicted octanol–water partition coefficient (Wildman–Crippen LogP) is 6.74. The number of nitrogens with zero attached hydrogens (tertiary/aromatic N) is 1. The van der Waals surface area contributed by atoms with Crippen LogP contribution >= 0.6 is 23.4 Å². The minimum absolute atomic E-state index is 0.0956. The number of thioether (sulfide) groups is 1. The Bertz CT molecular complexity index is 1200. The van der Waals surface area contributed by atoms with Gasteiger partial charge in [-0.05, 0) is 65.9 Å². The van der Waals surface area contributed by atoms with Gasteiger partial charge in [-0.25, -0.2) is 0 Å². The van der Waals surface area contributed by atoms with Gasteiger partial charge in [-0.2, -0.15) is 0 Å². The molecule has 164 valence electrons. The van der Waals surface area contributed by atoms with E-state index in [1.54, 1.807) is 36.4 Å². The van der Waals surface area contributed by atoms with Crippen LogP contribution in [0.5, 0.6) is 5.75 Å². The van der Waals surface area contributed by atoms with Crippen LogP contribution in [0.4, 0.5) is 18.0 Å². The van der Waals surface area contributed by atoms with E-state index in [9.17, 15) is 22.8 Å². The molecule has 1 aliphatic heterocycles. The number of carbonyl (C=O) groups excluding carboxylic acids is 2. The molecule has 1 saturated heterocycles. The quantitative estimate of drug-likeness (QED) is 0.379. The average Bonchev–Trinajstić information content (AvgIpc) is 3.28. The number of benzene rings is 2. The van der Waals surface area contributed by atoms with Crippen LogP contribution in [-0.4, -0.2) is 22.4 Å². The van der Waals surface area contributed by atoms with Crippen LogP contribution in [0, 0.1) is 0 Å². The smallest absolute Gasteiger partial charge is 0.457 e. The largest absolute Gasteiger partial charge is 0.573 e. The number of alkyl halides is 3. The molecule has 0 atom stereocenters. The van der Waals surface area contributed by atoms with Gasteiger partial charge in [0.05, 0.1) is 11.4 Å². The second kappa shape index (κ2) is 8.76. The van der Waals surface area contributed by atoms with Gasteiger partial charge in [-0.3, -0.25) is 14.5 Å². The predicted molar refractivity (Wildman–Crippen MR) is 114 cm³/mol. The summed E-state index contributed by atoms with van der Waals surface area (Å²) in [6, 6.07) is 15.3. The number of hydrogen-bond donors (Lipinski definition) is 0. The zero-order valence-electron chi connectivity index (χ0n) is 16.1. The van der Waals surface area contributed by atoms with Crippen LogP contribution in [-0.2, 0) is 11.3 Å². The Kier molecular flexibility index (Phi) is 6.03. The van der Waals surface area contributed by atoms with Crippen molar-refractivity contribution in [3.8, 4) is 17.1 Å². The van der Waals surface area contributed by atoms with Crippen LogP contribution < -0.4 is 4.74 Å². The molecule has 0 N–H and O–H groups in total. The molecule has 1 fully saturated rings. The van der Waals surface area contributed by atoms with Crippen molar-refractivity contribution < 1.29 is 31.9 Å². The van der Waals surface area contributed by atoms with Gasteiger partial charge in [0.1, 0.15) is 17.3 Å². The van der Waals surface area contributed by atoms with E-state index in [-0.39, 0.29) is 17.2 Å². The third-order valence-corrected chi connectivity index (χ3v) is 5.52. The van der Waals surface area contributed by atoms with Crippen LogP contribution in [0.3, 0.4) is 0 Å². The van der Waals surface area contributed by atoms with Crippen molar-refractivity contribution in [3.05, 3.63) is 81.9 Å². The molecule has 2 aromatic carbocycles. The standard InChI is InChI=1S/C22H13ClF3NO4S/c23-15-3-1-2-13(10-15)12-27-20(28)19(32-21(27)29)11-17-8-9-18(30-17)14-4-6-16(7-5-14)31-22(24,25)26/h1-11H,12H2/b19-11-. The highest BCUT2D eigenvalue weighted by atomic mass is 35.5. The van der Waals surface area contributed by atoms with Crippen molar-refractivity contribution in [3.63, 3.8) is 0 Å². The average molecular weight is 480 g/mol. The first-order valence-corrected chi connectivity index (χ1v) is 10.3. The number of ether oxygens (including phenoxy) is 1. The number of furan rings is 1. The molecule has 0 unspecified atom stereocenters. The molecule has 2 heterocycles. The summed E-state index contributed by atoms with van der Waals surface area (Å²) >= 11 is 6.75. The van der Waals surface area contributed by atoms with E-state index < -0.39 is 17.5 Å². The maximum Gasteiger partial charge on any atom is 0.573 e. The van der Waals surface area contributed by atoms with Gasteiger partial charge in [0.15, 0.2) is 0 Å². The van der Waals surface area contributed by atoms with Crippen molar-refractivity contribution >= 4 is 40.6 Å². The van der Waals surface area contributed by atoms with Gasteiger partial charge in [0, 0.05) is 16.7 Å². The van der Waals surface area contributed by atoms with E-state index in [2.05, 4.69) is 4.74 Å². The molecule has 3 aromatic rings. The molecule has 0 aliphatic carbocycles. The lowest BCUT2D eigenvalue weighted by Gasteiger charge is -2.12. The van der Waals surface area contributed by atoms with Gasteiger partial charge in [-0.15, -0.1) is 13.2 Å². The van der Waals surface area contributed by atoms with E-state index in [1.165, 1.54) is 30.3 Å². The Hall–Kier alpha value is -3.17. The summed E-state index contributed by atoms with van der Waals surface area (Å²) in [6.07, 6.45) is -3.32. The van der Waals surface area contributed by atoms with Crippen molar-refractivity contribution in [2.24, 2.45) is 0 Å².